The van der Waals surface area contributed by atoms with Gasteiger partial charge < -0.3 is 4.74 Å². The lowest BCUT2D eigenvalue weighted by Gasteiger charge is -2.06. The molecule has 2 rings (SSSR count). The smallest absolute Gasteiger partial charge is 0.165 e. The molecule has 0 N–H and O–H groups in total. The summed E-state index contributed by atoms with van der Waals surface area (Å²) in [7, 11) is 0. The van der Waals surface area contributed by atoms with E-state index in [1.165, 1.54) is 10.9 Å². The highest BCUT2D eigenvalue weighted by Crippen LogP contribution is 2.23. The minimum atomic E-state index is -0.306. The van der Waals surface area contributed by atoms with Crippen LogP contribution in [0, 0.1) is 5.82 Å². The first kappa shape index (κ1) is 13.6. The molecule has 1 aromatic heterocycles. The van der Waals surface area contributed by atoms with Crippen LogP contribution in [-0.2, 0) is 18.4 Å². The number of alkyl halides is 1. The Balaban J connectivity index is 2.01. The molecule has 96 valence electrons. The van der Waals surface area contributed by atoms with Gasteiger partial charge in [0.25, 0.3) is 0 Å². The summed E-state index contributed by atoms with van der Waals surface area (Å²) in [6.45, 7) is 2.55. The SMILES string of the molecule is CCc1ccc(COc2ccc(CBr)cc2F)s1. The maximum atomic E-state index is 13.7. The van der Waals surface area contributed by atoms with Gasteiger partial charge in [-0.3, -0.25) is 0 Å². The van der Waals surface area contributed by atoms with Crippen LogP contribution in [-0.4, -0.2) is 0 Å². The van der Waals surface area contributed by atoms with Crippen molar-refractivity contribution in [3.05, 3.63) is 51.5 Å². The molecule has 1 aromatic carbocycles. The summed E-state index contributed by atoms with van der Waals surface area (Å²) < 4.78 is 19.2. The number of halogens is 2. The second-order valence-corrected chi connectivity index (χ2v) is 5.72. The first-order valence-corrected chi connectivity index (χ1v) is 7.71. The van der Waals surface area contributed by atoms with Gasteiger partial charge in [-0.15, -0.1) is 11.3 Å². The van der Waals surface area contributed by atoms with Crippen molar-refractivity contribution >= 4 is 27.3 Å². The van der Waals surface area contributed by atoms with E-state index in [0.29, 0.717) is 17.7 Å². The van der Waals surface area contributed by atoms with Crippen molar-refractivity contribution in [1.82, 2.24) is 0 Å². The second-order valence-electron chi connectivity index (χ2n) is 3.91. The molecule has 0 radical (unpaired) electrons. The Labute approximate surface area is 119 Å². The Bertz CT molecular complexity index is 524. The summed E-state index contributed by atoms with van der Waals surface area (Å²) in [6.07, 6.45) is 1.03. The lowest BCUT2D eigenvalue weighted by molar-refractivity contribution is 0.293. The average Bonchev–Trinajstić information content (AvgIpc) is 2.85. The fraction of sp³-hybridized carbons (Fsp3) is 0.286. The molecular formula is C14H14BrFOS. The Morgan fingerprint density at radius 3 is 2.61 bits per heavy atom. The highest BCUT2D eigenvalue weighted by Gasteiger charge is 2.06. The minimum absolute atomic E-state index is 0.306. The van der Waals surface area contributed by atoms with Crippen molar-refractivity contribution in [1.29, 1.82) is 0 Å². The van der Waals surface area contributed by atoms with Crippen molar-refractivity contribution in [3.8, 4) is 5.75 Å². The third-order valence-electron chi connectivity index (χ3n) is 2.59. The Hall–Kier alpha value is -0.870. The summed E-state index contributed by atoms with van der Waals surface area (Å²) >= 11 is 5.01. The molecule has 0 aliphatic carbocycles. The van der Waals surface area contributed by atoms with Crippen LogP contribution in [0.15, 0.2) is 30.3 Å². The third-order valence-corrected chi connectivity index (χ3v) is 4.44. The molecule has 0 saturated heterocycles. The van der Waals surface area contributed by atoms with Crippen molar-refractivity contribution in [2.24, 2.45) is 0 Å². The minimum Gasteiger partial charge on any atom is -0.485 e. The Kier molecular flexibility index (Phi) is 4.78. The number of hydrogen-bond donors (Lipinski definition) is 0. The molecule has 0 aliphatic heterocycles. The van der Waals surface area contributed by atoms with Gasteiger partial charge in [-0.05, 0) is 36.2 Å². The molecule has 0 bridgehead atoms. The predicted molar refractivity (Wildman–Crippen MR) is 77.1 cm³/mol. The van der Waals surface area contributed by atoms with Crippen molar-refractivity contribution < 1.29 is 9.13 Å². The topological polar surface area (TPSA) is 9.23 Å². The summed E-state index contributed by atoms with van der Waals surface area (Å²) in [5.74, 6) is 0.00497. The normalized spacial score (nSPS) is 10.6. The number of aryl methyl sites for hydroxylation is 1. The van der Waals surface area contributed by atoms with E-state index >= 15 is 0 Å². The van der Waals surface area contributed by atoms with Gasteiger partial charge in [0.05, 0.1) is 0 Å². The monoisotopic (exact) mass is 328 g/mol. The predicted octanol–water partition coefficient (Wildman–Crippen LogP) is 4.92. The van der Waals surface area contributed by atoms with Gasteiger partial charge in [-0.1, -0.05) is 28.9 Å². The standard InChI is InChI=1S/C14H14BrFOS/c1-2-11-4-5-12(18-11)9-17-14-6-3-10(8-15)7-13(14)16/h3-7H,2,8-9H2,1H3. The number of hydrogen-bond acceptors (Lipinski definition) is 2. The second kappa shape index (κ2) is 6.34. The largest absolute Gasteiger partial charge is 0.485 e. The van der Waals surface area contributed by atoms with E-state index in [4.69, 9.17) is 4.74 Å². The lowest BCUT2D eigenvalue weighted by Crippen LogP contribution is -1.96. The average molecular weight is 329 g/mol. The van der Waals surface area contributed by atoms with Gasteiger partial charge in [0.1, 0.15) is 6.61 Å². The third kappa shape index (κ3) is 3.33. The lowest BCUT2D eigenvalue weighted by atomic mass is 10.2. The van der Waals surface area contributed by atoms with E-state index in [0.717, 1.165) is 16.9 Å². The summed E-state index contributed by atoms with van der Waals surface area (Å²) in [4.78, 5) is 2.44. The van der Waals surface area contributed by atoms with Gasteiger partial charge in [0.15, 0.2) is 11.6 Å². The number of rotatable bonds is 5. The van der Waals surface area contributed by atoms with Gasteiger partial charge in [0.2, 0.25) is 0 Å². The highest BCUT2D eigenvalue weighted by molar-refractivity contribution is 9.08. The number of ether oxygens (including phenoxy) is 1. The molecule has 0 unspecified atom stereocenters. The maximum absolute atomic E-state index is 13.7. The zero-order chi connectivity index (χ0) is 13.0. The molecule has 18 heavy (non-hydrogen) atoms. The van der Waals surface area contributed by atoms with E-state index < -0.39 is 0 Å². The Morgan fingerprint density at radius 2 is 2.00 bits per heavy atom. The molecule has 2 aromatic rings. The fourth-order valence-corrected chi connectivity index (χ4v) is 2.80. The molecular weight excluding hydrogens is 315 g/mol. The maximum Gasteiger partial charge on any atom is 0.165 e. The van der Waals surface area contributed by atoms with Gasteiger partial charge in [-0.2, -0.15) is 0 Å². The first-order valence-electron chi connectivity index (χ1n) is 5.77. The summed E-state index contributed by atoms with van der Waals surface area (Å²) in [5.41, 5.74) is 0.907. The first-order chi connectivity index (χ1) is 8.72. The van der Waals surface area contributed by atoms with Gasteiger partial charge in [0, 0.05) is 15.1 Å². The van der Waals surface area contributed by atoms with Crippen LogP contribution >= 0.6 is 27.3 Å². The van der Waals surface area contributed by atoms with Crippen LogP contribution in [0.3, 0.4) is 0 Å². The van der Waals surface area contributed by atoms with Crippen LogP contribution < -0.4 is 4.74 Å². The van der Waals surface area contributed by atoms with Crippen molar-refractivity contribution in [3.63, 3.8) is 0 Å². The van der Waals surface area contributed by atoms with Crippen molar-refractivity contribution in [2.45, 2.75) is 25.3 Å². The van der Waals surface area contributed by atoms with E-state index in [9.17, 15) is 4.39 Å². The van der Waals surface area contributed by atoms with E-state index in [2.05, 4.69) is 28.9 Å². The molecule has 4 heteroatoms. The van der Waals surface area contributed by atoms with Gasteiger partial charge >= 0.3 is 0 Å². The van der Waals surface area contributed by atoms with Crippen LogP contribution in [0.5, 0.6) is 5.75 Å². The zero-order valence-corrected chi connectivity index (χ0v) is 12.5. The number of benzene rings is 1. The van der Waals surface area contributed by atoms with E-state index in [-0.39, 0.29) is 5.82 Å². The molecule has 0 aliphatic rings. The molecule has 0 amide bonds. The molecule has 0 fully saturated rings. The molecule has 0 saturated carbocycles. The van der Waals surface area contributed by atoms with Crippen molar-refractivity contribution in [2.75, 3.05) is 0 Å². The quantitative estimate of drug-likeness (QED) is 0.707. The van der Waals surface area contributed by atoms with Crippen LogP contribution in [0.1, 0.15) is 22.2 Å². The Morgan fingerprint density at radius 1 is 1.22 bits per heavy atom. The summed E-state index contributed by atoms with van der Waals surface area (Å²) in [6, 6.07) is 9.16. The highest BCUT2D eigenvalue weighted by atomic mass is 79.9. The fourth-order valence-electron chi connectivity index (χ4n) is 1.58. The van der Waals surface area contributed by atoms with Gasteiger partial charge in [-0.25, -0.2) is 4.39 Å². The molecule has 0 spiro atoms. The van der Waals surface area contributed by atoms with Crippen LogP contribution in [0.25, 0.3) is 0 Å². The molecule has 1 heterocycles. The van der Waals surface area contributed by atoms with Crippen LogP contribution in [0.2, 0.25) is 0 Å². The zero-order valence-electron chi connectivity index (χ0n) is 10.1. The molecule has 0 atom stereocenters. The summed E-state index contributed by atoms with van der Waals surface area (Å²) in [5, 5.41) is 0.648. The number of thiophene rings is 1. The van der Waals surface area contributed by atoms with E-state index in [1.807, 2.05) is 12.1 Å². The molecule has 1 nitrogen and oxygen atoms in total. The van der Waals surface area contributed by atoms with Crippen LogP contribution in [0.4, 0.5) is 4.39 Å². The van der Waals surface area contributed by atoms with E-state index in [1.54, 1.807) is 17.4 Å².